The third-order valence-electron chi connectivity index (χ3n) is 3.45. The minimum absolute atomic E-state index is 0.407. The van der Waals surface area contributed by atoms with Crippen LogP contribution >= 0.6 is 23.2 Å². The van der Waals surface area contributed by atoms with Gasteiger partial charge in [0.1, 0.15) is 0 Å². The Morgan fingerprint density at radius 1 is 1.36 bits per heavy atom. The Morgan fingerprint density at radius 3 is 2.43 bits per heavy atom. The van der Waals surface area contributed by atoms with Gasteiger partial charge in [0.05, 0.1) is 0 Å². The van der Waals surface area contributed by atoms with E-state index in [9.17, 15) is 0 Å². The Bertz CT molecular complexity index is 225. The molecular weight excluding hydrogens is 217 g/mol. The van der Waals surface area contributed by atoms with E-state index in [4.69, 9.17) is 23.2 Å². The van der Waals surface area contributed by atoms with E-state index in [0.29, 0.717) is 17.5 Å². The first-order valence-electron chi connectivity index (χ1n) is 5.36. The zero-order chi connectivity index (χ0) is 10.1. The lowest BCUT2D eigenvalue weighted by Gasteiger charge is -2.37. The number of nitrogens with zero attached hydrogens (tertiary/aromatic N) is 1. The van der Waals surface area contributed by atoms with Gasteiger partial charge in [0.2, 0.25) is 0 Å². The van der Waals surface area contributed by atoms with Gasteiger partial charge in [-0.05, 0) is 38.2 Å². The number of alkyl halides is 1. The molecule has 2 bridgehead atoms. The molecule has 0 amide bonds. The van der Waals surface area contributed by atoms with Crippen LogP contribution in [0.4, 0.5) is 0 Å². The molecular formula is C11H17Cl2N. The number of hydrogen-bond donors (Lipinski definition) is 0. The van der Waals surface area contributed by atoms with Crippen LogP contribution in [0.15, 0.2) is 11.1 Å². The lowest BCUT2D eigenvalue weighted by Crippen LogP contribution is -2.43. The molecule has 0 spiro atoms. The third-order valence-corrected chi connectivity index (χ3v) is 4.17. The topological polar surface area (TPSA) is 3.24 Å². The Labute approximate surface area is 96.1 Å². The minimum Gasteiger partial charge on any atom is -0.293 e. The summed E-state index contributed by atoms with van der Waals surface area (Å²) in [5, 5.41) is 0.407. The van der Waals surface area contributed by atoms with Gasteiger partial charge in [-0.25, -0.2) is 0 Å². The fraction of sp³-hybridized carbons (Fsp3) is 0.818. The normalized spacial score (nSPS) is 39.1. The molecule has 2 aliphatic heterocycles. The van der Waals surface area contributed by atoms with Gasteiger partial charge < -0.3 is 0 Å². The van der Waals surface area contributed by atoms with Crippen molar-refractivity contribution in [3.63, 3.8) is 0 Å². The van der Waals surface area contributed by atoms with Gasteiger partial charge in [0.15, 0.2) is 0 Å². The van der Waals surface area contributed by atoms with E-state index in [-0.39, 0.29) is 0 Å². The number of fused-ring (bicyclic) bond motifs is 2. The molecule has 0 aromatic heterocycles. The molecule has 0 N–H and O–H groups in total. The molecule has 0 radical (unpaired) electrons. The maximum absolute atomic E-state index is 6.21. The van der Waals surface area contributed by atoms with Crippen molar-refractivity contribution in [2.24, 2.45) is 0 Å². The molecule has 0 saturated carbocycles. The highest BCUT2D eigenvalue weighted by atomic mass is 35.5. The molecule has 2 saturated heterocycles. The summed E-state index contributed by atoms with van der Waals surface area (Å²) in [5.74, 6) is 0. The molecule has 2 unspecified atom stereocenters. The van der Waals surface area contributed by atoms with Gasteiger partial charge in [0.25, 0.3) is 0 Å². The van der Waals surface area contributed by atoms with Crippen molar-refractivity contribution in [3.05, 3.63) is 11.1 Å². The Kier molecular flexibility index (Phi) is 3.41. The number of halogens is 2. The predicted molar refractivity (Wildman–Crippen MR) is 62.0 cm³/mol. The van der Waals surface area contributed by atoms with Gasteiger partial charge in [-0.1, -0.05) is 11.6 Å². The zero-order valence-corrected chi connectivity index (χ0v) is 10.1. The molecule has 0 aliphatic carbocycles. The van der Waals surface area contributed by atoms with Gasteiger partial charge in [-0.2, -0.15) is 0 Å². The van der Waals surface area contributed by atoms with Crippen LogP contribution in [0.25, 0.3) is 0 Å². The van der Waals surface area contributed by atoms with Crippen molar-refractivity contribution in [2.75, 3.05) is 6.54 Å². The summed E-state index contributed by atoms with van der Waals surface area (Å²) in [6, 6.07) is 1.42. The number of rotatable bonds is 2. The first-order valence-corrected chi connectivity index (χ1v) is 6.23. The van der Waals surface area contributed by atoms with Crippen LogP contribution in [-0.2, 0) is 0 Å². The van der Waals surface area contributed by atoms with E-state index in [0.717, 1.165) is 19.4 Å². The molecule has 2 rings (SSSR count). The van der Waals surface area contributed by atoms with Gasteiger partial charge in [0, 0.05) is 29.5 Å². The standard InChI is InChI=1S/C11H17Cl2N/c1-8(6-12)7-14-10-2-3-11(14)5-9(13)4-10/h6,9-11H,2-5,7H2,1H3. The van der Waals surface area contributed by atoms with E-state index in [1.54, 1.807) is 5.54 Å². The number of hydrogen-bond acceptors (Lipinski definition) is 1. The third kappa shape index (κ3) is 2.10. The molecule has 14 heavy (non-hydrogen) atoms. The first-order chi connectivity index (χ1) is 6.70. The Balaban J connectivity index is 2.00. The van der Waals surface area contributed by atoms with Crippen LogP contribution in [0.3, 0.4) is 0 Å². The second kappa shape index (κ2) is 4.42. The van der Waals surface area contributed by atoms with Crippen LogP contribution in [0, 0.1) is 0 Å². The predicted octanol–water partition coefficient (Wildman–Crippen LogP) is 3.36. The van der Waals surface area contributed by atoms with Crippen molar-refractivity contribution in [2.45, 2.75) is 50.1 Å². The Morgan fingerprint density at radius 2 is 1.93 bits per heavy atom. The lowest BCUT2D eigenvalue weighted by molar-refractivity contribution is 0.156. The highest BCUT2D eigenvalue weighted by molar-refractivity contribution is 6.25. The molecule has 2 aliphatic rings. The van der Waals surface area contributed by atoms with E-state index < -0.39 is 0 Å². The molecule has 0 aromatic carbocycles. The molecule has 2 fully saturated rings. The molecule has 2 atom stereocenters. The maximum Gasteiger partial charge on any atom is 0.0365 e. The summed E-state index contributed by atoms with van der Waals surface area (Å²) in [4.78, 5) is 2.59. The second-order valence-corrected chi connectivity index (χ2v) is 5.42. The fourth-order valence-corrected chi connectivity index (χ4v) is 3.27. The summed E-state index contributed by atoms with van der Waals surface area (Å²) in [6.07, 6.45) is 4.97. The first kappa shape index (κ1) is 10.8. The highest BCUT2D eigenvalue weighted by Crippen LogP contribution is 2.37. The van der Waals surface area contributed by atoms with Gasteiger partial charge >= 0.3 is 0 Å². The van der Waals surface area contributed by atoms with Crippen molar-refractivity contribution in [1.29, 1.82) is 0 Å². The molecule has 80 valence electrons. The smallest absolute Gasteiger partial charge is 0.0365 e. The van der Waals surface area contributed by atoms with E-state index in [1.165, 1.54) is 18.4 Å². The quantitative estimate of drug-likeness (QED) is 0.662. The average molecular weight is 234 g/mol. The van der Waals surface area contributed by atoms with Crippen molar-refractivity contribution in [3.8, 4) is 0 Å². The maximum atomic E-state index is 6.21. The van der Waals surface area contributed by atoms with Crippen LogP contribution in [0.1, 0.15) is 32.6 Å². The lowest BCUT2D eigenvalue weighted by atomic mass is 10.0. The average Bonchev–Trinajstić information content (AvgIpc) is 2.41. The van der Waals surface area contributed by atoms with Crippen LogP contribution in [0.5, 0.6) is 0 Å². The van der Waals surface area contributed by atoms with Gasteiger partial charge in [-0.15, -0.1) is 11.6 Å². The summed E-state index contributed by atoms with van der Waals surface area (Å²) >= 11 is 11.9. The molecule has 2 heterocycles. The summed E-state index contributed by atoms with van der Waals surface area (Å²) in [7, 11) is 0. The molecule has 0 aromatic rings. The largest absolute Gasteiger partial charge is 0.293 e. The SMILES string of the molecule is CC(=CCl)CN1C2CCC1CC(Cl)C2. The summed E-state index contributed by atoms with van der Waals surface area (Å²) in [5.41, 5.74) is 2.96. The van der Waals surface area contributed by atoms with E-state index >= 15 is 0 Å². The van der Waals surface area contributed by atoms with Crippen LogP contribution in [0.2, 0.25) is 0 Å². The number of piperidine rings is 1. The van der Waals surface area contributed by atoms with Crippen LogP contribution in [-0.4, -0.2) is 28.9 Å². The molecule has 3 heteroatoms. The van der Waals surface area contributed by atoms with Crippen molar-refractivity contribution in [1.82, 2.24) is 4.90 Å². The zero-order valence-electron chi connectivity index (χ0n) is 8.55. The van der Waals surface area contributed by atoms with Crippen molar-refractivity contribution >= 4 is 23.2 Å². The monoisotopic (exact) mass is 233 g/mol. The molecule has 1 nitrogen and oxygen atoms in total. The fourth-order valence-electron chi connectivity index (χ4n) is 2.79. The van der Waals surface area contributed by atoms with Crippen molar-refractivity contribution < 1.29 is 0 Å². The van der Waals surface area contributed by atoms with E-state index in [1.807, 2.05) is 0 Å². The highest BCUT2D eigenvalue weighted by Gasteiger charge is 2.39. The van der Waals surface area contributed by atoms with E-state index in [2.05, 4.69) is 11.8 Å². The second-order valence-electron chi connectivity index (χ2n) is 4.58. The van der Waals surface area contributed by atoms with Gasteiger partial charge in [-0.3, -0.25) is 4.90 Å². The summed E-state index contributed by atoms with van der Waals surface area (Å²) in [6.45, 7) is 3.13. The Hall–Kier alpha value is 0.280. The minimum atomic E-state index is 0.407. The summed E-state index contributed by atoms with van der Waals surface area (Å²) < 4.78 is 0. The van der Waals surface area contributed by atoms with Crippen LogP contribution < -0.4 is 0 Å².